The minimum Gasteiger partial charge on any atom is -0.394 e. The second kappa shape index (κ2) is 10.7. The monoisotopic (exact) mass is 569 g/mol. The molecule has 3 heterocycles. The molecule has 0 aliphatic carbocycles. The fourth-order valence-electron chi connectivity index (χ4n) is 5.97. The Kier molecular flexibility index (Phi) is 7.04. The Balaban J connectivity index is 1.50. The molecule has 5 aromatic rings. The molecule has 1 saturated heterocycles. The Morgan fingerprint density at radius 2 is 1.90 bits per heavy atom. The van der Waals surface area contributed by atoms with E-state index in [-0.39, 0.29) is 30.3 Å². The van der Waals surface area contributed by atoms with Crippen LogP contribution in [0.15, 0.2) is 66.9 Å². The highest BCUT2D eigenvalue weighted by Crippen LogP contribution is 2.44. The van der Waals surface area contributed by atoms with Crippen LogP contribution in [0.25, 0.3) is 38.6 Å². The third-order valence-electron chi connectivity index (χ3n) is 7.90. The standard InChI is InChI=1S/C32H32FN5O4/c1-32(2,17-42-3)29-28(18-4-6-19(7-5-18)30(40)36-26-13-22(16-39)35-31(26)41)24-14-25-20(15-34-37-25)12-27(24)38(29)23-10-8-21(33)9-11-23/h4-12,14-15,22,26,39H,13,16-17H2,1-3H3,(H,34,37)(H,35,41)(H,36,40)/t22-,26+/m1/s1. The van der Waals surface area contributed by atoms with E-state index in [1.807, 2.05) is 12.1 Å². The van der Waals surface area contributed by atoms with Gasteiger partial charge in [0.15, 0.2) is 0 Å². The first-order valence-electron chi connectivity index (χ1n) is 13.8. The molecule has 42 heavy (non-hydrogen) atoms. The van der Waals surface area contributed by atoms with Crippen molar-refractivity contribution in [3.63, 3.8) is 0 Å². The summed E-state index contributed by atoms with van der Waals surface area (Å²) in [5.41, 5.74) is 5.37. The van der Waals surface area contributed by atoms with E-state index >= 15 is 0 Å². The Morgan fingerprint density at radius 3 is 2.57 bits per heavy atom. The summed E-state index contributed by atoms with van der Waals surface area (Å²) in [6.45, 7) is 4.46. The molecular weight excluding hydrogens is 537 g/mol. The van der Waals surface area contributed by atoms with Crippen molar-refractivity contribution in [1.82, 2.24) is 25.4 Å². The van der Waals surface area contributed by atoms with Gasteiger partial charge in [-0.25, -0.2) is 4.39 Å². The summed E-state index contributed by atoms with van der Waals surface area (Å²) in [7, 11) is 1.67. The molecule has 1 fully saturated rings. The van der Waals surface area contributed by atoms with Crippen LogP contribution in [0.3, 0.4) is 0 Å². The number of amides is 2. The van der Waals surface area contributed by atoms with Crippen LogP contribution in [-0.4, -0.2) is 64.1 Å². The zero-order valence-electron chi connectivity index (χ0n) is 23.6. The zero-order valence-corrected chi connectivity index (χ0v) is 23.6. The number of benzene rings is 3. The van der Waals surface area contributed by atoms with E-state index in [0.717, 1.165) is 44.3 Å². The molecule has 0 bridgehead atoms. The maximum atomic E-state index is 14.0. The minimum absolute atomic E-state index is 0.176. The number of nitrogens with one attached hydrogen (secondary N) is 3. The summed E-state index contributed by atoms with van der Waals surface area (Å²) in [5.74, 6) is -0.989. The Labute approximate surface area is 241 Å². The van der Waals surface area contributed by atoms with Crippen LogP contribution in [0, 0.1) is 5.82 Å². The molecule has 9 nitrogen and oxygen atoms in total. The van der Waals surface area contributed by atoms with E-state index in [0.29, 0.717) is 18.6 Å². The minimum atomic E-state index is -0.693. The van der Waals surface area contributed by atoms with Gasteiger partial charge in [-0.05, 0) is 60.5 Å². The fraction of sp³-hybridized carbons (Fsp3) is 0.281. The molecule has 1 aliphatic rings. The maximum absolute atomic E-state index is 14.0. The molecule has 6 rings (SSSR count). The SMILES string of the molecule is COCC(C)(C)c1c(-c2ccc(C(=O)N[C@H]3C[C@H](CO)NC3=O)cc2)c2cc3[nH]ncc3cc2n1-c1ccc(F)cc1. The predicted molar refractivity (Wildman–Crippen MR) is 158 cm³/mol. The number of hydrogen-bond donors (Lipinski definition) is 4. The van der Waals surface area contributed by atoms with Gasteiger partial charge in [0, 0.05) is 45.8 Å². The third kappa shape index (κ3) is 4.82. The van der Waals surface area contributed by atoms with Crippen molar-refractivity contribution in [2.75, 3.05) is 20.3 Å². The number of methoxy groups -OCH3 is 1. The van der Waals surface area contributed by atoms with Crippen molar-refractivity contribution in [3.8, 4) is 16.8 Å². The molecule has 3 aromatic carbocycles. The number of hydrogen-bond acceptors (Lipinski definition) is 5. The third-order valence-corrected chi connectivity index (χ3v) is 7.90. The van der Waals surface area contributed by atoms with Crippen molar-refractivity contribution in [2.24, 2.45) is 0 Å². The lowest BCUT2D eigenvalue weighted by molar-refractivity contribution is -0.121. The van der Waals surface area contributed by atoms with Crippen molar-refractivity contribution in [1.29, 1.82) is 0 Å². The summed E-state index contributed by atoms with van der Waals surface area (Å²) < 4.78 is 21.8. The van der Waals surface area contributed by atoms with E-state index < -0.39 is 11.5 Å². The van der Waals surface area contributed by atoms with Crippen LogP contribution in [0.2, 0.25) is 0 Å². The largest absolute Gasteiger partial charge is 0.394 e. The van der Waals surface area contributed by atoms with E-state index in [4.69, 9.17) is 4.74 Å². The lowest BCUT2D eigenvalue weighted by Crippen LogP contribution is -2.40. The van der Waals surface area contributed by atoms with Crippen LogP contribution >= 0.6 is 0 Å². The number of carbonyl (C=O) groups excluding carboxylic acids is 2. The number of aliphatic hydroxyl groups excluding tert-OH is 1. The molecule has 2 atom stereocenters. The van der Waals surface area contributed by atoms with Gasteiger partial charge >= 0.3 is 0 Å². The number of rotatable bonds is 8. The lowest BCUT2D eigenvalue weighted by Gasteiger charge is -2.28. The van der Waals surface area contributed by atoms with Crippen LogP contribution in [-0.2, 0) is 14.9 Å². The molecule has 216 valence electrons. The summed E-state index contributed by atoms with van der Waals surface area (Å²) in [4.78, 5) is 25.2. The van der Waals surface area contributed by atoms with Crippen LogP contribution in [0.5, 0.6) is 0 Å². The smallest absolute Gasteiger partial charge is 0.251 e. The Morgan fingerprint density at radius 1 is 1.17 bits per heavy atom. The first-order valence-corrected chi connectivity index (χ1v) is 13.8. The summed E-state index contributed by atoms with van der Waals surface area (Å²) in [6.07, 6.45) is 2.11. The zero-order chi connectivity index (χ0) is 29.6. The number of fused-ring (bicyclic) bond motifs is 2. The second-order valence-corrected chi connectivity index (χ2v) is 11.4. The topological polar surface area (TPSA) is 121 Å². The van der Waals surface area contributed by atoms with Crippen LogP contribution in [0.1, 0.15) is 36.3 Å². The van der Waals surface area contributed by atoms with Gasteiger partial charge in [-0.2, -0.15) is 5.10 Å². The van der Waals surface area contributed by atoms with Gasteiger partial charge in [0.1, 0.15) is 11.9 Å². The molecule has 2 amide bonds. The maximum Gasteiger partial charge on any atom is 0.251 e. The summed E-state index contributed by atoms with van der Waals surface area (Å²) >= 11 is 0. The highest BCUT2D eigenvalue weighted by molar-refractivity contribution is 6.06. The number of aromatic amines is 1. The number of ether oxygens (including phenoxy) is 1. The van der Waals surface area contributed by atoms with E-state index in [9.17, 15) is 19.1 Å². The van der Waals surface area contributed by atoms with Crippen LogP contribution in [0.4, 0.5) is 4.39 Å². The summed E-state index contributed by atoms with van der Waals surface area (Å²) in [5, 5.41) is 24.0. The molecule has 4 N–H and O–H groups in total. The van der Waals surface area contributed by atoms with Gasteiger partial charge in [-0.15, -0.1) is 0 Å². The molecule has 0 spiro atoms. The van der Waals surface area contributed by atoms with Crippen molar-refractivity contribution in [3.05, 3.63) is 83.9 Å². The van der Waals surface area contributed by atoms with Crippen LogP contribution < -0.4 is 10.6 Å². The van der Waals surface area contributed by atoms with Gasteiger partial charge in [0.25, 0.3) is 5.91 Å². The quantitative estimate of drug-likeness (QED) is 0.223. The molecular formula is C32H32FN5O4. The van der Waals surface area contributed by atoms with E-state index in [1.165, 1.54) is 12.1 Å². The highest BCUT2D eigenvalue weighted by atomic mass is 19.1. The fourth-order valence-corrected chi connectivity index (χ4v) is 5.97. The molecule has 0 radical (unpaired) electrons. The number of nitrogens with zero attached hydrogens (tertiary/aromatic N) is 2. The average Bonchev–Trinajstić information content (AvgIpc) is 3.67. The lowest BCUT2D eigenvalue weighted by atomic mass is 9.84. The van der Waals surface area contributed by atoms with Crippen molar-refractivity contribution in [2.45, 2.75) is 37.8 Å². The number of aromatic nitrogens is 3. The second-order valence-electron chi connectivity index (χ2n) is 11.4. The van der Waals surface area contributed by atoms with E-state index in [2.05, 4.69) is 51.4 Å². The first kappa shape index (κ1) is 27.6. The first-order chi connectivity index (χ1) is 20.2. The van der Waals surface area contributed by atoms with E-state index in [1.54, 1.807) is 37.6 Å². The van der Waals surface area contributed by atoms with Gasteiger partial charge in [-0.1, -0.05) is 26.0 Å². The van der Waals surface area contributed by atoms with Gasteiger partial charge in [0.05, 0.1) is 36.5 Å². The molecule has 2 aromatic heterocycles. The molecule has 0 unspecified atom stereocenters. The Bertz CT molecular complexity index is 1790. The Hall–Kier alpha value is -4.54. The predicted octanol–water partition coefficient (Wildman–Crippen LogP) is 4.22. The normalized spacial score (nSPS) is 17.2. The molecule has 0 saturated carbocycles. The molecule has 10 heteroatoms. The van der Waals surface area contributed by atoms with Crippen molar-refractivity contribution >= 4 is 33.6 Å². The number of carbonyl (C=O) groups is 2. The van der Waals surface area contributed by atoms with Gasteiger partial charge < -0.3 is 25.0 Å². The van der Waals surface area contributed by atoms with Gasteiger partial charge in [-0.3, -0.25) is 14.7 Å². The number of halogens is 1. The van der Waals surface area contributed by atoms with Gasteiger partial charge in [0.2, 0.25) is 5.91 Å². The summed E-state index contributed by atoms with van der Waals surface area (Å²) in [6, 6.07) is 16.8. The highest BCUT2D eigenvalue weighted by Gasteiger charge is 2.34. The number of H-pyrrole nitrogens is 1. The molecule has 1 aliphatic heterocycles. The average molecular weight is 570 g/mol. The van der Waals surface area contributed by atoms with Crippen molar-refractivity contribution < 1.29 is 23.8 Å². The number of aliphatic hydroxyl groups is 1.